The van der Waals surface area contributed by atoms with Gasteiger partial charge in [0.1, 0.15) is 0 Å². The van der Waals surface area contributed by atoms with Crippen LogP contribution in [0, 0.1) is 5.92 Å². The van der Waals surface area contributed by atoms with Crippen LogP contribution in [0.4, 0.5) is 0 Å². The number of benzene rings is 1. The van der Waals surface area contributed by atoms with E-state index >= 15 is 0 Å². The highest BCUT2D eigenvalue weighted by Gasteiger charge is 2.17. The fourth-order valence-corrected chi connectivity index (χ4v) is 2.39. The molecule has 2 unspecified atom stereocenters. The second kappa shape index (κ2) is 7.45. The molecule has 16 heavy (non-hydrogen) atoms. The van der Waals surface area contributed by atoms with Crippen molar-refractivity contribution in [1.29, 1.82) is 0 Å². The molecule has 0 aliphatic heterocycles. The van der Waals surface area contributed by atoms with Gasteiger partial charge in [-0.25, -0.2) is 0 Å². The Labute approximate surface area is 100 Å². The van der Waals surface area contributed by atoms with Crippen molar-refractivity contribution >= 4 is 0 Å². The van der Waals surface area contributed by atoms with Gasteiger partial charge in [-0.2, -0.15) is 0 Å². The van der Waals surface area contributed by atoms with Gasteiger partial charge < -0.3 is 5.32 Å². The molecule has 1 aromatic carbocycles. The molecule has 0 radical (unpaired) electrons. The van der Waals surface area contributed by atoms with E-state index in [9.17, 15) is 0 Å². The first-order chi connectivity index (χ1) is 7.81. The summed E-state index contributed by atoms with van der Waals surface area (Å²) in [5.74, 6) is 0.757. The third-order valence-electron chi connectivity index (χ3n) is 3.34. The summed E-state index contributed by atoms with van der Waals surface area (Å²) >= 11 is 0. The lowest BCUT2D eigenvalue weighted by atomic mass is 9.88. The van der Waals surface area contributed by atoms with Crippen molar-refractivity contribution in [3.05, 3.63) is 35.9 Å². The molecule has 0 amide bonds. The molecule has 0 bridgehead atoms. The number of hydrogen-bond acceptors (Lipinski definition) is 1. The van der Waals surface area contributed by atoms with Crippen LogP contribution in [-0.4, -0.2) is 12.6 Å². The summed E-state index contributed by atoms with van der Waals surface area (Å²) in [5.41, 5.74) is 1.46. The first-order valence-corrected chi connectivity index (χ1v) is 6.59. The predicted octanol–water partition coefficient (Wildman–Crippen LogP) is 3.64. The molecule has 1 aromatic rings. The van der Waals surface area contributed by atoms with Crippen molar-refractivity contribution in [3.63, 3.8) is 0 Å². The molecular weight excluding hydrogens is 194 g/mol. The van der Waals surface area contributed by atoms with Gasteiger partial charge in [0.25, 0.3) is 0 Å². The van der Waals surface area contributed by atoms with Crippen LogP contribution in [0.1, 0.15) is 39.2 Å². The van der Waals surface area contributed by atoms with Crippen LogP contribution in [0.2, 0.25) is 0 Å². The zero-order valence-electron chi connectivity index (χ0n) is 10.9. The van der Waals surface area contributed by atoms with Gasteiger partial charge in [0.2, 0.25) is 0 Å². The topological polar surface area (TPSA) is 12.0 Å². The van der Waals surface area contributed by atoms with E-state index in [-0.39, 0.29) is 0 Å². The Morgan fingerprint density at radius 2 is 1.69 bits per heavy atom. The fraction of sp³-hybridized carbons (Fsp3) is 0.600. The van der Waals surface area contributed by atoms with Gasteiger partial charge in [0.15, 0.2) is 0 Å². The Kier molecular flexibility index (Phi) is 6.17. The standard InChI is InChI=1S/C15H25N/c1-4-14(15(5-2)16-6-3)12-13-10-8-7-9-11-13/h7-11,14-16H,4-6,12H2,1-3H3. The first-order valence-electron chi connectivity index (χ1n) is 6.59. The molecule has 0 spiro atoms. The van der Waals surface area contributed by atoms with E-state index in [0.717, 1.165) is 12.5 Å². The summed E-state index contributed by atoms with van der Waals surface area (Å²) in [7, 11) is 0. The predicted molar refractivity (Wildman–Crippen MR) is 71.7 cm³/mol. The molecule has 0 saturated heterocycles. The summed E-state index contributed by atoms with van der Waals surface area (Å²) in [6.07, 6.45) is 3.67. The number of nitrogens with one attached hydrogen (secondary N) is 1. The minimum absolute atomic E-state index is 0.662. The Bertz CT molecular complexity index is 268. The molecule has 0 aliphatic carbocycles. The minimum atomic E-state index is 0.662. The summed E-state index contributed by atoms with van der Waals surface area (Å²) in [6.45, 7) is 7.84. The summed E-state index contributed by atoms with van der Waals surface area (Å²) in [5, 5.41) is 3.60. The highest BCUT2D eigenvalue weighted by molar-refractivity contribution is 5.15. The molecular formula is C15H25N. The molecule has 0 aromatic heterocycles. The van der Waals surface area contributed by atoms with Crippen molar-refractivity contribution in [1.82, 2.24) is 5.32 Å². The lowest BCUT2D eigenvalue weighted by Crippen LogP contribution is -2.36. The fourth-order valence-electron chi connectivity index (χ4n) is 2.39. The summed E-state index contributed by atoms with van der Waals surface area (Å²) in [4.78, 5) is 0. The second-order valence-corrected chi connectivity index (χ2v) is 4.43. The average molecular weight is 219 g/mol. The summed E-state index contributed by atoms with van der Waals surface area (Å²) in [6, 6.07) is 11.5. The third-order valence-corrected chi connectivity index (χ3v) is 3.34. The van der Waals surface area contributed by atoms with Crippen LogP contribution in [0.15, 0.2) is 30.3 Å². The van der Waals surface area contributed by atoms with Crippen LogP contribution < -0.4 is 5.32 Å². The lowest BCUT2D eigenvalue weighted by molar-refractivity contribution is 0.337. The molecule has 1 N–H and O–H groups in total. The molecule has 90 valence electrons. The maximum atomic E-state index is 3.60. The van der Waals surface area contributed by atoms with Crippen molar-refractivity contribution in [2.75, 3.05) is 6.54 Å². The Morgan fingerprint density at radius 3 is 2.19 bits per heavy atom. The molecule has 1 heteroatoms. The van der Waals surface area contributed by atoms with Gasteiger partial charge in [0.05, 0.1) is 0 Å². The van der Waals surface area contributed by atoms with Gasteiger partial charge in [-0.15, -0.1) is 0 Å². The third kappa shape index (κ3) is 3.97. The SMILES string of the molecule is CCNC(CC)C(CC)Cc1ccccc1. The Hall–Kier alpha value is -0.820. The van der Waals surface area contributed by atoms with Gasteiger partial charge in [0, 0.05) is 6.04 Å². The zero-order valence-corrected chi connectivity index (χ0v) is 10.9. The monoisotopic (exact) mass is 219 g/mol. The maximum Gasteiger partial charge on any atom is 0.00956 e. The number of rotatable bonds is 7. The lowest BCUT2D eigenvalue weighted by Gasteiger charge is -2.26. The van der Waals surface area contributed by atoms with Gasteiger partial charge >= 0.3 is 0 Å². The largest absolute Gasteiger partial charge is 0.314 e. The molecule has 2 atom stereocenters. The van der Waals surface area contributed by atoms with Crippen LogP contribution in [0.3, 0.4) is 0 Å². The van der Waals surface area contributed by atoms with Crippen molar-refractivity contribution in [3.8, 4) is 0 Å². The van der Waals surface area contributed by atoms with Crippen LogP contribution in [0.5, 0.6) is 0 Å². The molecule has 0 fully saturated rings. The zero-order chi connectivity index (χ0) is 11.8. The van der Waals surface area contributed by atoms with Crippen molar-refractivity contribution in [2.45, 2.75) is 46.1 Å². The van der Waals surface area contributed by atoms with E-state index in [1.165, 1.54) is 24.8 Å². The average Bonchev–Trinajstić information content (AvgIpc) is 2.35. The van der Waals surface area contributed by atoms with Gasteiger partial charge in [-0.1, -0.05) is 57.5 Å². The smallest absolute Gasteiger partial charge is 0.00956 e. The van der Waals surface area contributed by atoms with Crippen LogP contribution >= 0.6 is 0 Å². The Balaban J connectivity index is 2.60. The van der Waals surface area contributed by atoms with E-state index in [4.69, 9.17) is 0 Å². The first kappa shape index (κ1) is 13.2. The molecule has 1 rings (SSSR count). The van der Waals surface area contributed by atoms with Crippen molar-refractivity contribution < 1.29 is 0 Å². The molecule has 0 aliphatic rings. The van der Waals surface area contributed by atoms with Crippen LogP contribution in [0.25, 0.3) is 0 Å². The van der Waals surface area contributed by atoms with Gasteiger partial charge in [-0.05, 0) is 30.9 Å². The number of hydrogen-bond donors (Lipinski definition) is 1. The quantitative estimate of drug-likeness (QED) is 0.738. The van der Waals surface area contributed by atoms with E-state index < -0.39 is 0 Å². The molecule has 0 saturated carbocycles. The van der Waals surface area contributed by atoms with E-state index in [1.54, 1.807) is 0 Å². The van der Waals surface area contributed by atoms with E-state index in [2.05, 4.69) is 56.4 Å². The highest BCUT2D eigenvalue weighted by Crippen LogP contribution is 2.18. The van der Waals surface area contributed by atoms with Crippen molar-refractivity contribution in [2.24, 2.45) is 5.92 Å². The normalized spacial score (nSPS) is 14.7. The highest BCUT2D eigenvalue weighted by atomic mass is 14.9. The summed E-state index contributed by atoms with van der Waals surface area (Å²) < 4.78 is 0. The molecule has 0 heterocycles. The second-order valence-electron chi connectivity index (χ2n) is 4.43. The Morgan fingerprint density at radius 1 is 1.00 bits per heavy atom. The van der Waals surface area contributed by atoms with E-state index in [1.807, 2.05) is 0 Å². The molecule has 1 nitrogen and oxygen atoms in total. The van der Waals surface area contributed by atoms with Gasteiger partial charge in [-0.3, -0.25) is 0 Å². The van der Waals surface area contributed by atoms with E-state index in [0.29, 0.717) is 6.04 Å². The maximum absolute atomic E-state index is 3.60. The minimum Gasteiger partial charge on any atom is -0.314 e. The van der Waals surface area contributed by atoms with Crippen LogP contribution in [-0.2, 0) is 6.42 Å².